The first-order valence-corrected chi connectivity index (χ1v) is 9.01. The molecule has 5 heteroatoms. The number of hydrogen-bond acceptors (Lipinski definition) is 3. The summed E-state index contributed by atoms with van der Waals surface area (Å²) in [5.74, 6) is -0.362. The Labute approximate surface area is 154 Å². The van der Waals surface area contributed by atoms with E-state index in [4.69, 9.17) is 0 Å². The number of rotatable bonds is 5. The van der Waals surface area contributed by atoms with Gasteiger partial charge in [0, 0.05) is 38.4 Å². The molecule has 5 nitrogen and oxygen atoms in total. The van der Waals surface area contributed by atoms with Gasteiger partial charge in [-0.05, 0) is 24.6 Å². The van der Waals surface area contributed by atoms with E-state index in [-0.39, 0.29) is 18.2 Å². The number of carbonyl (C=O) groups excluding carboxylic acids is 2. The van der Waals surface area contributed by atoms with E-state index in [2.05, 4.69) is 22.3 Å². The van der Waals surface area contributed by atoms with Gasteiger partial charge in [0.2, 0.25) is 11.8 Å². The van der Waals surface area contributed by atoms with Crippen LogP contribution in [-0.2, 0) is 16.1 Å². The molecule has 0 unspecified atom stereocenters. The number of benzene rings is 2. The molecule has 1 aliphatic heterocycles. The molecular formula is C21H25N3O2. The van der Waals surface area contributed by atoms with Gasteiger partial charge in [-0.15, -0.1) is 0 Å². The highest BCUT2D eigenvalue weighted by atomic mass is 16.2. The molecular weight excluding hydrogens is 326 g/mol. The van der Waals surface area contributed by atoms with E-state index in [1.54, 1.807) is 4.90 Å². The maximum Gasteiger partial charge on any atom is 0.233 e. The molecule has 2 aromatic carbocycles. The summed E-state index contributed by atoms with van der Waals surface area (Å²) in [7, 11) is 0. The summed E-state index contributed by atoms with van der Waals surface area (Å²) >= 11 is 0. The molecule has 0 spiro atoms. The lowest BCUT2D eigenvalue weighted by molar-refractivity contribution is -0.136. The Hall–Kier alpha value is -2.66. The van der Waals surface area contributed by atoms with Crippen molar-refractivity contribution in [2.45, 2.75) is 19.9 Å². The number of amides is 2. The van der Waals surface area contributed by atoms with Crippen LogP contribution >= 0.6 is 0 Å². The first kappa shape index (κ1) is 18.1. The fourth-order valence-electron chi connectivity index (χ4n) is 3.09. The molecule has 1 N–H and O–H groups in total. The van der Waals surface area contributed by atoms with Crippen molar-refractivity contribution in [1.82, 2.24) is 9.80 Å². The lowest BCUT2D eigenvalue weighted by Gasteiger charge is -2.34. The Kier molecular flexibility index (Phi) is 6.02. The second-order valence-electron chi connectivity index (χ2n) is 6.73. The van der Waals surface area contributed by atoms with E-state index < -0.39 is 0 Å². The zero-order valence-electron chi connectivity index (χ0n) is 15.1. The SMILES string of the molecule is Cc1ccc(NC(=O)CC(=O)N2CCN(Cc3ccccc3)CC2)cc1. The molecule has 0 atom stereocenters. The quantitative estimate of drug-likeness (QED) is 0.843. The minimum Gasteiger partial charge on any atom is -0.340 e. The van der Waals surface area contributed by atoms with Gasteiger partial charge in [-0.1, -0.05) is 48.0 Å². The Morgan fingerprint density at radius 3 is 2.23 bits per heavy atom. The lowest BCUT2D eigenvalue weighted by Crippen LogP contribution is -2.48. The van der Waals surface area contributed by atoms with Crippen LogP contribution in [0.1, 0.15) is 17.5 Å². The number of nitrogens with one attached hydrogen (secondary N) is 1. The molecule has 136 valence electrons. The van der Waals surface area contributed by atoms with Crippen LogP contribution < -0.4 is 5.32 Å². The molecule has 1 aliphatic rings. The number of nitrogens with zero attached hydrogens (tertiary/aromatic N) is 2. The van der Waals surface area contributed by atoms with Crippen molar-refractivity contribution in [3.63, 3.8) is 0 Å². The van der Waals surface area contributed by atoms with Crippen LogP contribution in [-0.4, -0.2) is 47.8 Å². The van der Waals surface area contributed by atoms with Crippen molar-refractivity contribution in [1.29, 1.82) is 0 Å². The van der Waals surface area contributed by atoms with Gasteiger partial charge in [-0.3, -0.25) is 14.5 Å². The number of anilines is 1. The minimum atomic E-state index is -0.259. The number of piperazine rings is 1. The summed E-state index contributed by atoms with van der Waals surface area (Å²) in [6.45, 7) is 5.90. The standard InChI is InChI=1S/C21H25N3O2/c1-17-7-9-19(10-8-17)22-20(25)15-21(26)24-13-11-23(12-14-24)16-18-5-3-2-4-6-18/h2-10H,11-16H2,1H3,(H,22,25). The van der Waals surface area contributed by atoms with Crippen molar-refractivity contribution in [3.8, 4) is 0 Å². The van der Waals surface area contributed by atoms with Crippen LogP contribution in [0.3, 0.4) is 0 Å². The zero-order valence-corrected chi connectivity index (χ0v) is 15.1. The zero-order chi connectivity index (χ0) is 18.4. The Balaban J connectivity index is 1.43. The maximum atomic E-state index is 12.4. The van der Waals surface area contributed by atoms with E-state index >= 15 is 0 Å². The van der Waals surface area contributed by atoms with Crippen LogP contribution in [0.25, 0.3) is 0 Å². The molecule has 2 aromatic rings. The molecule has 1 heterocycles. The summed E-state index contributed by atoms with van der Waals surface area (Å²) in [5, 5.41) is 2.78. The van der Waals surface area contributed by atoms with Crippen LogP contribution in [0.2, 0.25) is 0 Å². The van der Waals surface area contributed by atoms with Crippen LogP contribution in [0, 0.1) is 6.92 Å². The highest BCUT2D eigenvalue weighted by Gasteiger charge is 2.22. The average Bonchev–Trinajstić information content (AvgIpc) is 2.65. The average molecular weight is 351 g/mol. The largest absolute Gasteiger partial charge is 0.340 e. The molecule has 1 fully saturated rings. The minimum absolute atomic E-state index is 0.103. The predicted molar refractivity (Wildman–Crippen MR) is 103 cm³/mol. The van der Waals surface area contributed by atoms with Gasteiger partial charge in [-0.25, -0.2) is 0 Å². The van der Waals surface area contributed by atoms with Gasteiger partial charge >= 0.3 is 0 Å². The lowest BCUT2D eigenvalue weighted by atomic mass is 10.2. The van der Waals surface area contributed by atoms with Gasteiger partial charge in [-0.2, -0.15) is 0 Å². The van der Waals surface area contributed by atoms with Gasteiger partial charge in [0.05, 0.1) is 0 Å². The van der Waals surface area contributed by atoms with Crippen molar-refractivity contribution >= 4 is 17.5 Å². The third-order valence-corrected chi connectivity index (χ3v) is 4.62. The second kappa shape index (κ2) is 8.63. The van der Waals surface area contributed by atoms with E-state index in [1.165, 1.54) is 5.56 Å². The van der Waals surface area contributed by atoms with Gasteiger partial charge in [0.25, 0.3) is 0 Å². The van der Waals surface area contributed by atoms with Crippen molar-refractivity contribution in [2.24, 2.45) is 0 Å². The molecule has 0 bridgehead atoms. The van der Waals surface area contributed by atoms with Crippen molar-refractivity contribution in [3.05, 3.63) is 65.7 Å². The normalized spacial score (nSPS) is 14.9. The molecule has 1 saturated heterocycles. The molecule has 0 saturated carbocycles. The summed E-state index contributed by atoms with van der Waals surface area (Å²) in [6, 6.07) is 17.9. The van der Waals surface area contributed by atoms with E-state index in [0.717, 1.165) is 30.9 Å². The third-order valence-electron chi connectivity index (χ3n) is 4.62. The highest BCUT2D eigenvalue weighted by molar-refractivity contribution is 6.03. The number of hydrogen-bond donors (Lipinski definition) is 1. The number of carbonyl (C=O) groups is 2. The van der Waals surface area contributed by atoms with Crippen molar-refractivity contribution in [2.75, 3.05) is 31.5 Å². The predicted octanol–water partition coefficient (Wildman–Crippen LogP) is 2.67. The van der Waals surface area contributed by atoms with E-state index in [9.17, 15) is 9.59 Å². The smallest absolute Gasteiger partial charge is 0.233 e. The Morgan fingerprint density at radius 2 is 1.58 bits per heavy atom. The van der Waals surface area contributed by atoms with Gasteiger partial charge in [0.1, 0.15) is 6.42 Å². The molecule has 0 aliphatic carbocycles. The molecule has 3 rings (SSSR count). The number of aryl methyl sites for hydroxylation is 1. The monoisotopic (exact) mass is 351 g/mol. The van der Waals surface area contributed by atoms with E-state index in [1.807, 2.05) is 49.4 Å². The second-order valence-corrected chi connectivity index (χ2v) is 6.73. The van der Waals surface area contributed by atoms with Crippen LogP contribution in [0.4, 0.5) is 5.69 Å². The van der Waals surface area contributed by atoms with Gasteiger partial charge in [0.15, 0.2) is 0 Å². The summed E-state index contributed by atoms with van der Waals surface area (Å²) < 4.78 is 0. The third kappa shape index (κ3) is 5.17. The maximum absolute atomic E-state index is 12.4. The van der Waals surface area contributed by atoms with Crippen LogP contribution in [0.15, 0.2) is 54.6 Å². The summed E-state index contributed by atoms with van der Waals surface area (Å²) in [6.07, 6.45) is -0.105. The highest BCUT2D eigenvalue weighted by Crippen LogP contribution is 2.11. The summed E-state index contributed by atoms with van der Waals surface area (Å²) in [4.78, 5) is 28.6. The first-order chi connectivity index (χ1) is 12.6. The Bertz CT molecular complexity index is 736. The van der Waals surface area contributed by atoms with Crippen molar-refractivity contribution < 1.29 is 9.59 Å². The fourth-order valence-corrected chi connectivity index (χ4v) is 3.09. The fraction of sp³-hybridized carbons (Fsp3) is 0.333. The Morgan fingerprint density at radius 1 is 0.923 bits per heavy atom. The first-order valence-electron chi connectivity index (χ1n) is 9.01. The molecule has 26 heavy (non-hydrogen) atoms. The topological polar surface area (TPSA) is 52.7 Å². The summed E-state index contributed by atoms with van der Waals surface area (Å²) in [5.41, 5.74) is 3.14. The van der Waals surface area contributed by atoms with E-state index in [0.29, 0.717) is 13.1 Å². The van der Waals surface area contributed by atoms with Crippen LogP contribution in [0.5, 0.6) is 0 Å². The molecule has 2 amide bonds. The molecule has 0 aromatic heterocycles. The molecule has 0 radical (unpaired) electrons. The van der Waals surface area contributed by atoms with Gasteiger partial charge < -0.3 is 10.2 Å².